The zero-order chi connectivity index (χ0) is 19.0. The van der Waals surface area contributed by atoms with E-state index in [0.717, 1.165) is 47.8 Å². The smallest absolute Gasteiger partial charge is 0.260 e. The molecule has 0 bridgehead atoms. The highest BCUT2D eigenvalue weighted by Gasteiger charge is 2.22. The number of hydrogen-bond donors (Lipinski definition) is 2. The lowest BCUT2D eigenvalue weighted by Crippen LogP contribution is -2.23. The first-order valence-electron chi connectivity index (χ1n) is 8.79. The fourth-order valence-electron chi connectivity index (χ4n) is 3.22. The maximum atomic E-state index is 13.7. The Morgan fingerprint density at radius 2 is 2.11 bits per heavy atom. The Morgan fingerprint density at radius 3 is 2.93 bits per heavy atom. The van der Waals surface area contributed by atoms with Crippen LogP contribution in [0.4, 0.5) is 10.1 Å². The molecule has 2 aromatic heterocycles. The molecule has 0 spiro atoms. The lowest BCUT2D eigenvalue weighted by molar-refractivity contribution is -0.115. The van der Waals surface area contributed by atoms with Gasteiger partial charge in [0.1, 0.15) is 10.6 Å². The van der Waals surface area contributed by atoms with Crippen molar-refractivity contribution >= 4 is 44.9 Å². The maximum Gasteiger partial charge on any atom is 0.260 e. The monoisotopic (exact) mass is 403 g/mol. The zero-order valence-electron chi connectivity index (χ0n) is 14.7. The van der Waals surface area contributed by atoms with Gasteiger partial charge in [-0.2, -0.15) is 0 Å². The van der Waals surface area contributed by atoms with Crippen LogP contribution in [-0.4, -0.2) is 21.1 Å². The maximum absolute atomic E-state index is 13.7. The molecule has 8 heteroatoms. The molecule has 0 radical (unpaired) electrons. The summed E-state index contributed by atoms with van der Waals surface area (Å²) in [6.07, 6.45) is 4.17. The van der Waals surface area contributed by atoms with Gasteiger partial charge in [0.2, 0.25) is 5.91 Å². The molecule has 1 amide bonds. The van der Waals surface area contributed by atoms with Gasteiger partial charge in [0.25, 0.3) is 5.56 Å². The Bertz CT molecular complexity index is 1080. The van der Waals surface area contributed by atoms with Gasteiger partial charge in [-0.1, -0.05) is 23.9 Å². The molecule has 27 heavy (non-hydrogen) atoms. The number of thiophene rings is 1. The second-order valence-electron chi connectivity index (χ2n) is 6.49. The molecule has 0 aliphatic heterocycles. The summed E-state index contributed by atoms with van der Waals surface area (Å²) in [5.74, 6) is -0.835. The molecule has 1 aliphatic carbocycles. The average Bonchev–Trinajstić information content (AvgIpc) is 3.02. The molecule has 0 unspecified atom stereocenters. The van der Waals surface area contributed by atoms with E-state index in [4.69, 9.17) is 0 Å². The van der Waals surface area contributed by atoms with E-state index in [0.29, 0.717) is 10.5 Å². The number of aromatic amines is 1. The lowest BCUT2D eigenvalue weighted by atomic mass is 9.97. The van der Waals surface area contributed by atoms with E-state index in [1.807, 2.05) is 0 Å². The topological polar surface area (TPSA) is 74.8 Å². The van der Waals surface area contributed by atoms with Crippen molar-refractivity contribution in [2.45, 2.75) is 43.0 Å². The minimum atomic E-state index is -0.542. The van der Waals surface area contributed by atoms with Crippen LogP contribution in [0.5, 0.6) is 0 Å². The molecule has 1 aromatic carbocycles. The normalized spacial score (nSPS) is 14.7. The number of anilines is 1. The van der Waals surface area contributed by atoms with Gasteiger partial charge < -0.3 is 10.3 Å². The Kier molecular flexibility index (Phi) is 5.01. The molecule has 1 atom stereocenters. The zero-order valence-corrected chi connectivity index (χ0v) is 16.3. The van der Waals surface area contributed by atoms with E-state index in [9.17, 15) is 14.0 Å². The molecule has 0 saturated carbocycles. The first kappa shape index (κ1) is 18.2. The van der Waals surface area contributed by atoms with Crippen LogP contribution in [0.3, 0.4) is 0 Å². The lowest BCUT2D eigenvalue weighted by Gasteiger charge is -2.12. The number of aryl methyl sites for hydroxylation is 2. The van der Waals surface area contributed by atoms with Gasteiger partial charge in [0, 0.05) is 4.88 Å². The highest BCUT2D eigenvalue weighted by atomic mass is 32.2. The second kappa shape index (κ2) is 7.44. The predicted molar refractivity (Wildman–Crippen MR) is 107 cm³/mol. The summed E-state index contributed by atoms with van der Waals surface area (Å²) in [5, 5.41) is 3.13. The van der Waals surface area contributed by atoms with E-state index in [1.165, 1.54) is 17.0 Å². The molecule has 0 fully saturated rings. The number of thioether (sulfide) groups is 1. The number of amides is 1. The Morgan fingerprint density at radius 1 is 1.33 bits per heavy atom. The number of rotatable bonds is 4. The van der Waals surface area contributed by atoms with Crippen molar-refractivity contribution < 1.29 is 9.18 Å². The highest BCUT2D eigenvalue weighted by molar-refractivity contribution is 8.00. The number of fused-ring (bicyclic) bond motifs is 3. The van der Waals surface area contributed by atoms with Crippen LogP contribution in [0.15, 0.2) is 34.2 Å². The van der Waals surface area contributed by atoms with E-state index in [1.54, 1.807) is 30.4 Å². The predicted octanol–water partition coefficient (Wildman–Crippen LogP) is 4.12. The third-order valence-corrected chi connectivity index (χ3v) is 6.76. The average molecular weight is 404 g/mol. The third kappa shape index (κ3) is 3.64. The summed E-state index contributed by atoms with van der Waals surface area (Å²) in [4.78, 5) is 34.3. The SMILES string of the molecule is C[C@@H](Sc1nc2sc3c(c2c(=O)[nH]1)CCCC3)C(=O)Nc1ccccc1F. The van der Waals surface area contributed by atoms with E-state index in [-0.39, 0.29) is 17.2 Å². The first-order chi connectivity index (χ1) is 13.0. The van der Waals surface area contributed by atoms with Crippen molar-refractivity contribution in [3.05, 3.63) is 50.9 Å². The van der Waals surface area contributed by atoms with E-state index < -0.39 is 11.1 Å². The number of carbonyl (C=O) groups is 1. The molecule has 2 heterocycles. The number of nitrogens with one attached hydrogen (secondary N) is 2. The molecular weight excluding hydrogens is 385 g/mol. The van der Waals surface area contributed by atoms with Crippen molar-refractivity contribution in [2.24, 2.45) is 0 Å². The number of aromatic nitrogens is 2. The number of benzene rings is 1. The number of halogens is 1. The summed E-state index contributed by atoms with van der Waals surface area (Å²) in [5.41, 5.74) is 1.12. The van der Waals surface area contributed by atoms with Crippen LogP contribution in [0.1, 0.15) is 30.2 Å². The minimum Gasteiger partial charge on any atom is -0.323 e. The molecule has 1 aliphatic rings. The van der Waals surface area contributed by atoms with Gasteiger partial charge in [0.15, 0.2) is 5.16 Å². The van der Waals surface area contributed by atoms with Crippen LogP contribution >= 0.6 is 23.1 Å². The van der Waals surface area contributed by atoms with Gasteiger partial charge >= 0.3 is 0 Å². The number of para-hydroxylation sites is 1. The fraction of sp³-hybridized carbons (Fsp3) is 0.316. The summed E-state index contributed by atoms with van der Waals surface area (Å²) in [6, 6.07) is 6.02. The van der Waals surface area contributed by atoms with Crippen molar-refractivity contribution in [3.63, 3.8) is 0 Å². The summed E-state index contributed by atoms with van der Waals surface area (Å²) in [6.45, 7) is 1.70. The van der Waals surface area contributed by atoms with Gasteiger partial charge in [-0.15, -0.1) is 11.3 Å². The summed E-state index contributed by atoms with van der Waals surface area (Å²) < 4.78 is 13.7. The van der Waals surface area contributed by atoms with Crippen LogP contribution in [0.25, 0.3) is 10.2 Å². The highest BCUT2D eigenvalue weighted by Crippen LogP contribution is 2.34. The van der Waals surface area contributed by atoms with Gasteiger partial charge in [-0.05, 0) is 50.3 Å². The fourth-order valence-corrected chi connectivity index (χ4v) is 5.33. The quantitative estimate of drug-likeness (QED) is 0.508. The third-order valence-electron chi connectivity index (χ3n) is 4.59. The first-order valence-corrected chi connectivity index (χ1v) is 10.5. The largest absolute Gasteiger partial charge is 0.323 e. The van der Waals surface area contributed by atoms with Crippen LogP contribution in [-0.2, 0) is 17.6 Å². The molecule has 5 nitrogen and oxygen atoms in total. The van der Waals surface area contributed by atoms with Crippen molar-refractivity contribution in [1.29, 1.82) is 0 Å². The standard InChI is InChI=1S/C19H18FN3O2S2/c1-10(16(24)21-13-8-4-3-7-12(13)20)26-19-22-17(25)15-11-6-2-5-9-14(11)27-18(15)23-19/h3-4,7-8,10H,2,5-6,9H2,1H3,(H,21,24)(H,22,23,25)/t10-/m1/s1. The molecule has 3 aromatic rings. The molecule has 4 rings (SSSR count). The number of carbonyl (C=O) groups excluding carboxylic acids is 1. The molecule has 0 saturated heterocycles. The van der Waals surface area contributed by atoms with E-state index in [2.05, 4.69) is 15.3 Å². The Hall–Kier alpha value is -2.19. The minimum absolute atomic E-state index is 0.137. The Labute approximate surface area is 163 Å². The Balaban J connectivity index is 1.55. The molecule has 2 N–H and O–H groups in total. The van der Waals surface area contributed by atoms with Crippen LogP contribution in [0, 0.1) is 5.82 Å². The number of H-pyrrole nitrogens is 1. The van der Waals surface area contributed by atoms with Crippen LogP contribution < -0.4 is 10.9 Å². The van der Waals surface area contributed by atoms with Gasteiger partial charge in [-0.25, -0.2) is 9.37 Å². The van der Waals surface area contributed by atoms with Gasteiger partial charge in [0.05, 0.1) is 16.3 Å². The van der Waals surface area contributed by atoms with Gasteiger partial charge in [-0.3, -0.25) is 9.59 Å². The van der Waals surface area contributed by atoms with Crippen molar-refractivity contribution in [1.82, 2.24) is 9.97 Å². The summed E-state index contributed by atoms with van der Waals surface area (Å²) >= 11 is 2.73. The second-order valence-corrected chi connectivity index (χ2v) is 8.90. The van der Waals surface area contributed by atoms with Crippen molar-refractivity contribution in [3.8, 4) is 0 Å². The van der Waals surface area contributed by atoms with E-state index >= 15 is 0 Å². The van der Waals surface area contributed by atoms with Crippen molar-refractivity contribution in [2.75, 3.05) is 5.32 Å². The molecule has 140 valence electrons. The molecular formula is C19H18FN3O2S2. The van der Waals surface area contributed by atoms with Crippen LogP contribution in [0.2, 0.25) is 0 Å². The number of nitrogens with zero attached hydrogens (tertiary/aromatic N) is 1. The number of hydrogen-bond acceptors (Lipinski definition) is 5. The summed E-state index contributed by atoms with van der Waals surface area (Å²) in [7, 11) is 0.